The first-order valence-corrected chi connectivity index (χ1v) is 21.1. The van der Waals surface area contributed by atoms with Gasteiger partial charge in [-0.25, -0.2) is 15.0 Å². The average molecular weight is 928 g/mol. The summed E-state index contributed by atoms with van der Waals surface area (Å²) in [5.41, 5.74) is 5.67. The second-order valence-corrected chi connectivity index (χ2v) is 15.6. The van der Waals surface area contributed by atoms with Crippen molar-refractivity contribution in [3.05, 3.63) is 161 Å². The summed E-state index contributed by atoms with van der Waals surface area (Å²) in [6, 6.07) is 29.3. The molecule has 0 spiro atoms. The first-order chi connectivity index (χ1) is 31.7. The normalized spacial score (nSPS) is 13.3. The van der Waals surface area contributed by atoms with Crippen LogP contribution in [0.25, 0.3) is 16.7 Å². The van der Waals surface area contributed by atoms with E-state index >= 15 is 0 Å². The summed E-state index contributed by atoms with van der Waals surface area (Å²) in [5, 5.41) is 14.1. The number of alkyl halides is 6. The van der Waals surface area contributed by atoms with Gasteiger partial charge in [-0.15, -0.1) is 13.2 Å². The van der Waals surface area contributed by atoms with Gasteiger partial charge in [-0.1, -0.05) is 42.8 Å². The predicted octanol–water partition coefficient (Wildman–Crippen LogP) is 11.7. The van der Waals surface area contributed by atoms with E-state index in [2.05, 4.69) is 57.6 Å². The molecule has 1 saturated heterocycles. The van der Waals surface area contributed by atoms with E-state index in [0.29, 0.717) is 52.3 Å². The van der Waals surface area contributed by atoms with E-state index in [0.717, 1.165) is 71.6 Å². The molecule has 3 N–H and O–H groups in total. The maximum atomic E-state index is 13.0. The summed E-state index contributed by atoms with van der Waals surface area (Å²) in [4.78, 5) is 28.1. The summed E-state index contributed by atoms with van der Waals surface area (Å²) < 4.78 is 86.2. The van der Waals surface area contributed by atoms with Crippen molar-refractivity contribution in [1.82, 2.24) is 34.9 Å². The Labute approximate surface area is 378 Å². The number of H-pyrrole nitrogens is 1. The van der Waals surface area contributed by atoms with Crippen LogP contribution in [0.3, 0.4) is 0 Å². The standard InChI is InChI=1S/C29H28ClF3N4O2.C18H12F3N5O/c1-2-25-27(37-18-22(30)7-12-26(37)35-25)28(38)34-17-19-3-8-23(9-4-19)36-15-13-21(14-16-36)20-5-10-24(11-6-20)39-29(31,32)33;19-18(20,21)11-1-5-13(6-2-11)27-14-7-3-12(4-8-14)25-16-15-9-24-26-17(15)23-10-22-16/h3-12,18,21H,2,13-17H2,1H3,(H,34,38);1-10H,(H2,22,23,24,25,26). The number of imidazole rings is 1. The number of ether oxygens (including phenoxy) is 2. The smallest absolute Gasteiger partial charge is 0.457 e. The lowest BCUT2D eigenvalue weighted by molar-refractivity contribution is -0.274. The molecule has 9 rings (SSSR count). The lowest BCUT2D eigenvalue weighted by Crippen LogP contribution is -2.32. The second-order valence-electron chi connectivity index (χ2n) is 15.2. The molecule has 12 nitrogen and oxygen atoms in total. The van der Waals surface area contributed by atoms with E-state index in [1.165, 1.54) is 30.6 Å². The predicted molar refractivity (Wildman–Crippen MR) is 237 cm³/mol. The van der Waals surface area contributed by atoms with Crippen LogP contribution in [-0.2, 0) is 19.1 Å². The zero-order chi connectivity index (χ0) is 46.4. The number of aryl methyl sites for hydroxylation is 1. The van der Waals surface area contributed by atoms with Crippen molar-refractivity contribution in [3.63, 3.8) is 0 Å². The number of nitrogens with zero attached hydrogens (tertiary/aromatic N) is 6. The Morgan fingerprint density at radius 3 is 2.15 bits per heavy atom. The van der Waals surface area contributed by atoms with Gasteiger partial charge >= 0.3 is 12.5 Å². The van der Waals surface area contributed by atoms with Crippen LogP contribution in [0.4, 0.5) is 43.5 Å². The number of pyridine rings is 1. The SMILES string of the molecule is CCc1nc2ccc(Cl)cn2c1C(=O)NCc1ccc(N2CCC(c3ccc(OC(F)(F)F)cc3)CC2)cc1.FC(F)(F)c1ccc(Oc2ccc(Nc3ncnc4[nH]ncc34)cc2)cc1. The van der Waals surface area contributed by atoms with Crippen molar-refractivity contribution in [2.75, 3.05) is 23.3 Å². The zero-order valence-electron chi connectivity index (χ0n) is 35.0. The number of hydrogen-bond donors (Lipinski definition) is 3. The number of rotatable bonds is 11. The van der Waals surface area contributed by atoms with Gasteiger partial charge in [0.2, 0.25) is 0 Å². The molecule has 0 radical (unpaired) electrons. The lowest BCUT2D eigenvalue weighted by Gasteiger charge is -2.34. The summed E-state index contributed by atoms with van der Waals surface area (Å²) in [6.45, 7) is 4.04. The van der Waals surface area contributed by atoms with Gasteiger partial charge in [0, 0.05) is 37.2 Å². The molecule has 8 aromatic rings. The van der Waals surface area contributed by atoms with Crippen LogP contribution in [0, 0.1) is 0 Å². The quantitative estimate of drug-likeness (QED) is 0.108. The molecule has 19 heteroatoms. The number of carbonyl (C=O) groups excluding carboxylic acids is 1. The third-order valence-electron chi connectivity index (χ3n) is 10.8. The van der Waals surface area contributed by atoms with Crippen molar-refractivity contribution in [2.45, 2.75) is 51.2 Å². The number of piperidine rings is 1. The van der Waals surface area contributed by atoms with Crippen molar-refractivity contribution < 1.29 is 40.6 Å². The molecule has 1 aliphatic heterocycles. The molecule has 4 aromatic carbocycles. The summed E-state index contributed by atoms with van der Waals surface area (Å²) in [5.74, 6) is 1.30. The van der Waals surface area contributed by atoms with Gasteiger partial charge in [0.25, 0.3) is 5.91 Å². The van der Waals surface area contributed by atoms with Crippen LogP contribution in [0.5, 0.6) is 17.2 Å². The molecule has 1 fully saturated rings. The van der Waals surface area contributed by atoms with E-state index in [4.69, 9.17) is 16.3 Å². The van der Waals surface area contributed by atoms with E-state index < -0.39 is 18.1 Å². The van der Waals surface area contributed by atoms with Crippen LogP contribution < -0.4 is 25.0 Å². The van der Waals surface area contributed by atoms with Crippen LogP contribution in [0.2, 0.25) is 5.02 Å². The molecular formula is C47H40ClF6N9O3. The van der Waals surface area contributed by atoms with Crippen molar-refractivity contribution >= 4 is 51.4 Å². The zero-order valence-corrected chi connectivity index (χ0v) is 35.8. The molecule has 1 aliphatic rings. The molecule has 0 aliphatic carbocycles. The van der Waals surface area contributed by atoms with Crippen LogP contribution in [0.1, 0.15) is 58.6 Å². The number of halogens is 7. The Balaban J connectivity index is 0.000000192. The minimum atomic E-state index is -4.68. The summed E-state index contributed by atoms with van der Waals surface area (Å²) in [7, 11) is 0. The van der Waals surface area contributed by atoms with Gasteiger partial charge in [-0.2, -0.15) is 18.3 Å². The lowest BCUT2D eigenvalue weighted by atomic mass is 9.89. The number of aromatic amines is 1. The number of benzene rings is 4. The monoisotopic (exact) mass is 927 g/mol. The van der Waals surface area contributed by atoms with E-state index in [1.807, 2.05) is 19.1 Å². The van der Waals surface area contributed by atoms with Crippen LogP contribution in [-0.4, -0.2) is 54.9 Å². The topological polar surface area (TPSA) is 135 Å². The van der Waals surface area contributed by atoms with Gasteiger partial charge < -0.3 is 25.0 Å². The Bertz CT molecular complexity index is 2900. The van der Waals surface area contributed by atoms with Gasteiger partial charge in [-0.05, 0) is 121 Å². The van der Waals surface area contributed by atoms with Gasteiger partial charge in [0.1, 0.15) is 40.7 Å². The molecule has 5 heterocycles. The van der Waals surface area contributed by atoms with Crippen molar-refractivity contribution in [1.29, 1.82) is 0 Å². The van der Waals surface area contributed by atoms with Crippen molar-refractivity contribution in [3.8, 4) is 17.2 Å². The number of fused-ring (bicyclic) bond motifs is 2. The Kier molecular flexibility index (Phi) is 13.3. The minimum absolute atomic E-state index is 0.200. The Morgan fingerprint density at radius 1 is 0.833 bits per heavy atom. The fraction of sp³-hybridized carbons (Fsp3) is 0.213. The van der Waals surface area contributed by atoms with Crippen molar-refractivity contribution in [2.24, 2.45) is 0 Å². The molecular weight excluding hydrogens is 888 g/mol. The average Bonchev–Trinajstić information content (AvgIpc) is 3.95. The van der Waals surface area contributed by atoms with Gasteiger partial charge in [0.05, 0.1) is 27.9 Å². The highest BCUT2D eigenvalue weighted by Gasteiger charge is 2.32. The van der Waals surface area contributed by atoms with E-state index in [9.17, 15) is 31.1 Å². The highest BCUT2D eigenvalue weighted by molar-refractivity contribution is 6.30. The highest BCUT2D eigenvalue weighted by atomic mass is 35.5. The third-order valence-corrected chi connectivity index (χ3v) is 11.0. The van der Waals surface area contributed by atoms with E-state index in [1.54, 1.807) is 65.3 Å². The van der Waals surface area contributed by atoms with Crippen LogP contribution in [0.15, 0.2) is 128 Å². The molecule has 1 amide bonds. The molecule has 0 bridgehead atoms. The molecule has 0 unspecified atom stereocenters. The minimum Gasteiger partial charge on any atom is -0.457 e. The number of carbonyl (C=O) groups is 1. The first-order valence-electron chi connectivity index (χ1n) is 20.7. The Hall–Kier alpha value is -7.34. The number of aromatic nitrogens is 6. The summed E-state index contributed by atoms with van der Waals surface area (Å²) >= 11 is 6.14. The summed E-state index contributed by atoms with van der Waals surface area (Å²) in [6.07, 6.45) is -1.87. The third kappa shape index (κ3) is 11.1. The molecule has 66 heavy (non-hydrogen) atoms. The second kappa shape index (κ2) is 19.4. The number of nitrogens with one attached hydrogen (secondary N) is 3. The molecule has 0 atom stereocenters. The van der Waals surface area contributed by atoms with E-state index in [-0.39, 0.29) is 17.6 Å². The maximum absolute atomic E-state index is 13.0. The maximum Gasteiger partial charge on any atom is 0.573 e. The Morgan fingerprint density at radius 2 is 1.50 bits per heavy atom. The highest BCUT2D eigenvalue weighted by Crippen LogP contribution is 2.34. The number of hydrogen-bond acceptors (Lipinski definition) is 9. The number of amides is 1. The largest absolute Gasteiger partial charge is 0.573 e. The molecule has 0 saturated carbocycles. The van der Waals surface area contributed by atoms with Gasteiger partial charge in [-0.3, -0.25) is 14.3 Å². The molecule has 4 aromatic heterocycles. The fourth-order valence-corrected chi connectivity index (χ4v) is 7.67. The van der Waals surface area contributed by atoms with Gasteiger partial charge in [0.15, 0.2) is 5.65 Å². The molecule has 340 valence electrons. The van der Waals surface area contributed by atoms with Crippen LogP contribution >= 0.6 is 11.6 Å². The fourth-order valence-electron chi connectivity index (χ4n) is 7.51. The number of anilines is 3. The first kappa shape index (κ1) is 45.2.